The van der Waals surface area contributed by atoms with Crippen molar-refractivity contribution < 1.29 is 5.11 Å². The minimum Gasteiger partial charge on any atom is -0.383 e. The zero-order valence-electron chi connectivity index (χ0n) is 8.93. The maximum absolute atomic E-state index is 10.3. The van der Waals surface area contributed by atoms with E-state index in [1.807, 2.05) is 6.07 Å². The van der Waals surface area contributed by atoms with Gasteiger partial charge in [0.2, 0.25) is 0 Å². The quantitative estimate of drug-likeness (QED) is 0.713. The molecule has 84 valence electrons. The molecule has 3 aromatic heterocycles. The van der Waals surface area contributed by atoms with Gasteiger partial charge in [0.15, 0.2) is 0 Å². The highest BCUT2D eigenvalue weighted by atomic mass is 16.3. The molecule has 0 aromatic carbocycles. The van der Waals surface area contributed by atoms with Crippen LogP contribution >= 0.6 is 0 Å². The molecule has 17 heavy (non-hydrogen) atoms. The number of hydrogen-bond donors (Lipinski definition) is 1. The number of fused-ring (bicyclic) bond motifs is 1. The Hall–Kier alpha value is -2.27. The normalized spacial score (nSPS) is 12.8. The van der Waals surface area contributed by atoms with Gasteiger partial charge in [-0.1, -0.05) is 6.07 Å². The molecule has 0 amide bonds. The zero-order valence-corrected chi connectivity index (χ0v) is 8.93. The molecule has 3 rings (SSSR count). The summed E-state index contributed by atoms with van der Waals surface area (Å²) in [6.07, 6.45) is 9.31. The fourth-order valence-corrected chi connectivity index (χ4v) is 1.78. The Morgan fingerprint density at radius 2 is 2.00 bits per heavy atom. The monoisotopic (exact) mass is 226 g/mol. The fourth-order valence-electron chi connectivity index (χ4n) is 1.78. The van der Waals surface area contributed by atoms with Crippen LogP contribution in [0.2, 0.25) is 0 Å². The molecule has 5 heteroatoms. The van der Waals surface area contributed by atoms with Gasteiger partial charge in [-0.05, 0) is 6.07 Å². The van der Waals surface area contributed by atoms with Crippen LogP contribution in [0.5, 0.6) is 0 Å². The van der Waals surface area contributed by atoms with Crippen LogP contribution < -0.4 is 0 Å². The third-order valence-corrected chi connectivity index (χ3v) is 2.65. The van der Waals surface area contributed by atoms with E-state index in [0.29, 0.717) is 0 Å². The molecule has 1 N–H and O–H groups in total. The van der Waals surface area contributed by atoms with Crippen LogP contribution in [0, 0.1) is 0 Å². The van der Waals surface area contributed by atoms with Crippen molar-refractivity contribution in [3.8, 4) is 0 Å². The average Bonchev–Trinajstić information content (AvgIpc) is 2.83. The van der Waals surface area contributed by atoms with Crippen LogP contribution in [0.4, 0.5) is 0 Å². The first-order valence-corrected chi connectivity index (χ1v) is 5.21. The number of nitrogens with zero attached hydrogens (tertiary/aromatic N) is 4. The maximum Gasteiger partial charge on any atom is 0.109 e. The van der Waals surface area contributed by atoms with Gasteiger partial charge in [-0.15, -0.1) is 0 Å². The highest BCUT2D eigenvalue weighted by molar-refractivity contribution is 5.54. The van der Waals surface area contributed by atoms with Gasteiger partial charge >= 0.3 is 0 Å². The Morgan fingerprint density at radius 1 is 1.12 bits per heavy atom. The van der Waals surface area contributed by atoms with E-state index in [-0.39, 0.29) is 0 Å². The van der Waals surface area contributed by atoms with E-state index in [1.165, 1.54) is 0 Å². The fraction of sp³-hybridized carbons (Fsp3) is 0.0833. The van der Waals surface area contributed by atoms with Crippen molar-refractivity contribution in [3.63, 3.8) is 0 Å². The van der Waals surface area contributed by atoms with Crippen molar-refractivity contribution in [2.24, 2.45) is 0 Å². The van der Waals surface area contributed by atoms with Crippen LogP contribution in [0.1, 0.15) is 17.2 Å². The zero-order chi connectivity index (χ0) is 11.7. The SMILES string of the molecule is OC(c1cccnc1)c1cnn2ccncc12. The molecular formula is C12H10N4O. The number of pyridine rings is 1. The summed E-state index contributed by atoms with van der Waals surface area (Å²) in [5.74, 6) is 0. The summed E-state index contributed by atoms with van der Waals surface area (Å²) < 4.78 is 1.68. The van der Waals surface area contributed by atoms with Crippen molar-refractivity contribution >= 4 is 5.52 Å². The van der Waals surface area contributed by atoms with Crippen LogP contribution in [-0.4, -0.2) is 24.7 Å². The van der Waals surface area contributed by atoms with Gasteiger partial charge < -0.3 is 5.11 Å². The highest BCUT2D eigenvalue weighted by Gasteiger charge is 2.15. The molecule has 0 saturated heterocycles. The minimum atomic E-state index is -0.731. The lowest BCUT2D eigenvalue weighted by atomic mass is 10.1. The second-order valence-corrected chi connectivity index (χ2v) is 3.69. The van der Waals surface area contributed by atoms with Gasteiger partial charge in [0, 0.05) is 35.9 Å². The first kappa shape index (κ1) is 9.92. The molecule has 0 aliphatic rings. The van der Waals surface area contributed by atoms with E-state index in [2.05, 4.69) is 15.1 Å². The van der Waals surface area contributed by atoms with Gasteiger partial charge in [0.05, 0.1) is 17.9 Å². The number of rotatable bonds is 2. The average molecular weight is 226 g/mol. The Balaban J connectivity index is 2.10. The maximum atomic E-state index is 10.3. The first-order valence-electron chi connectivity index (χ1n) is 5.21. The van der Waals surface area contributed by atoms with Crippen LogP contribution in [-0.2, 0) is 0 Å². The van der Waals surface area contributed by atoms with Gasteiger partial charge in [-0.2, -0.15) is 5.10 Å². The molecule has 0 aliphatic carbocycles. The van der Waals surface area contributed by atoms with Crippen LogP contribution in [0.3, 0.4) is 0 Å². The third kappa shape index (κ3) is 1.66. The molecule has 0 spiro atoms. The van der Waals surface area contributed by atoms with E-state index in [0.717, 1.165) is 16.6 Å². The molecule has 5 nitrogen and oxygen atoms in total. The van der Waals surface area contributed by atoms with Gasteiger partial charge in [0.1, 0.15) is 6.10 Å². The second kappa shape index (κ2) is 3.95. The molecule has 3 heterocycles. The lowest BCUT2D eigenvalue weighted by Gasteiger charge is -2.08. The summed E-state index contributed by atoms with van der Waals surface area (Å²) in [6.45, 7) is 0. The molecule has 1 atom stereocenters. The van der Waals surface area contributed by atoms with E-state index < -0.39 is 6.10 Å². The topological polar surface area (TPSA) is 63.3 Å². The number of hydrogen-bond acceptors (Lipinski definition) is 4. The summed E-state index contributed by atoms with van der Waals surface area (Å²) in [6, 6.07) is 3.63. The summed E-state index contributed by atoms with van der Waals surface area (Å²) >= 11 is 0. The van der Waals surface area contributed by atoms with E-state index in [4.69, 9.17) is 0 Å². The summed E-state index contributed by atoms with van der Waals surface area (Å²) in [7, 11) is 0. The van der Waals surface area contributed by atoms with Gasteiger partial charge in [0.25, 0.3) is 0 Å². The lowest BCUT2D eigenvalue weighted by Crippen LogP contribution is -1.99. The molecule has 0 bridgehead atoms. The highest BCUT2D eigenvalue weighted by Crippen LogP contribution is 2.24. The van der Waals surface area contributed by atoms with Crippen molar-refractivity contribution in [2.75, 3.05) is 0 Å². The molecule has 1 unspecified atom stereocenters. The van der Waals surface area contributed by atoms with Crippen molar-refractivity contribution in [1.82, 2.24) is 19.6 Å². The second-order valence-electron chi connectivity index (χ2n) is 3.69. The summed E-state index contributed by atoms with van der Waals surface area (Å²) in [5.41, 5.74) is 2.27. The number of aliphatic hydroxyl groups excluding tert-OH is 1. The molecule has 0 fully saturated rings. The molecular weight excluding hydrogens is 216 g/mol. The standard InChI is InChI=1S/C12H10N4O/c17-12(9-2-1-3-13-6-9)10-7-15-16-5-4-14-8-11(10)16/h1-8,12,17H. The number of aromatic nitrogens is 4. The van der Waals surface area contributed by atoms with E-state index in [9.17, 15) is 5.11 Å². The Morgan fingerprint density at radius 3 is 2.82 bits per heavy atom. The first-order chi connectivity index (χ1) is 8.36. The Kier molecular flexibility index (Phi) is 2.31. The summed E-state index contributed by atoms with van der Waals surface area (Å²) in [5, 5.41) is 14.4. The number of aliphatic hydroxyl groups is 1. The molecule has 0 saturated carbocycles. The van der Waals surface area contributed by atoms with Crippen LogP contribution in [0.15, 0.2) is 49.3 Å². The molecule has 0 radical (unpaired) electrons. The lowest BCUT2D eigenvalue weighted by molar-refractivity contribution is 0.221. The molecule has 3 aromatic rings. The van der Waals surface area contributed by atoms with Gasteiger partial charge in [-0.25, -0.2) is 4.52 Å². The Labute approximate surface area is 97.4 Å². The van der Waals surface area contributed by atoms with Crippen molar-refractivity contribution in [2.45, 2.75) is 6.10 Å². The van der Waals surface area contributed by atoms with Crippen LogP contribution in [0.25, 0.3) is 5.52 Å². The third-order valence-electron chi connectivity index (χ3n) is 2.65. The largest absolute Gasteiger partial charge is 0.383 e. The van der Waals surface area contributed by atoms with Crippen molar-refractivity contribution in [1.29, 1.82) is 0 Å². The van der Waals surface area contributed by atoms with Gasteiger partial charge in [-0.3, -0.25) is 9.97 Å². The smallest absolute Gasteiger partial charge is 0.109 e. The predicted molar refractivity (Wildman–Crippen MR) is 61.3 cm³/mol. The predicted octanol–water partition coefficient (Wildman–Crippen LogP) is 1.21. The summed E-state index contributed by atoms with van der Waals surface area (Å²) in [4.78, 5) is 8.03. The molecule has 0 aliphatic heterocycles. The van der Waals surface area contributed by atoms with E-state index >= 15 is 0 Å². The van der Waals surface area contributed by atoms with Crippen molar-refractivity contribution in [3.05, 3.63) is 60.4 Å². The Bertz CT molecular complexity index is 635. The minimum absolute atomic E-state index is 0.728. The van der Waals surface area contributed by atoms with E-state index in [1.54, 1.807) is 47.8 Å².